The number of halogens is 2. The van der Waals surface area contributed by atoms with Crippen LogP contribution in [0.25, 0.3) is 43.8 Å². The van der Waals surface area contributed by atoms with Gasteiger partial charge in [0.2, 0.25) is 0 Å². The second kappa shape index (κ2) is 19.9. The minimum Gasteiger partial charge on any atom is -1.00 e. The first-order chi connectivity index (χ1) is 23.5. The fraction of sp³-hybridized carbons (Fsp3) is 0.375. The Balaban J connectivity index is 0.000000319. The Hall–Kier alpha value is -2.22. The topological polar surface area (TPSA) is 0 Å². The largest absolute Gasteiger partial charge is 1.00 e. The van der Waals surface area contributed by atoms with Crippen LogP contribution < -0.4 is 24.8 Å². The van der Waals surface area contributed by atoms with Gasteiger partial charge in [-0.1, -0.05) is 153 Å². The molecular formula is C48H60Cl2SiZr-2. The smallest absolute Gasteiger partial charge is 0.0132 e. The normalized spacial score (nSPS) is 11.8. The molecule has 276 valence electrons. The summed E-state index contributed by atoms with van der Waals surface area (Å²) in [6, 6.07) is 38.8. The molecule has 0 radical (unpaired) electrons. The number of rotatable bonds is 6. The van der Waals surface area contributed by atoms with Crippen molar-refractivity contribution in [2.45, 2.75) is 118 Å². The van der Waals surface area contributed by atoms with Crippen molar-refractivity contribution >= 4 is 27.0 Å². The molecule has 0 aliphatic rings. The van der Waals surface area contributed by atoms with E-state index in [0.717, 1.165) is 0 Å². The van der Waals surface area contributed by atoms with Gasteiger partial charge < -0.3 is 24.8 Å². The first-order valence-corrected chi connectivity index (χ1v) is 24.8. The van der Waals surface area contributed by atoms with Crippen molar-refractivity contribution < 1.29 is 48.1 Å². The summed E-state index contributed by atoms with van der Waals surface area (Å²) in [5.41, 5.74) is 12.9. The van der Waals surface area contributed by atoms with E-state index in [-0.39, 0.29) is 41.1 Å². The molecule has 0 bridgehead atoms. The molecule has 1 atom stereocenters. The van der Waals surface area contributed by atoms with E-state index in [2.05, 4.69) is 185 Å². The van der Waals surface area contributed by atoms with Crippen molar-refractivity contribution in [1.82, 2.24) is 0 Å². The van der Waals surface area contributed by atoms with E-state index in [0.29, 0.717) is 5.92 Å². The maximum absolute atomic E-state index is 2.42. The molecule has 0 aliphatic heterocycles. The van der Waals surface area contributed by atoms with Crippen LogP contribution in [-0.4, -0.2) is 5.43 Å². The van der Waals surface area contributed by atoms with Gasteiger partial charge in [-0.2, -0.15) is 12.1 Å². The van der Waals surface area contributed by atoms with Gasteiger partial charge in [0.15, 0.2) is 0 Å². The molecule has 4 heteroatoms. The van der Waals surface area contributed by atoms with Crippen LogP contribution in [0.3, 0.4) is 0 Å². The van der Waals surface area contributed by atoms with E-state index in [4.69, 9.17) is 0 Å². The number of aryl methyl sites for hydroxylation is 2. The van der Waals surface area contributed by atoms with Gasteiger partial charge >= 0.3 is 41.9 Å². The first-order valence-electron chi connectivity index (χ1n) is 18.6. The maximum Gasteiger partial charge on any atom is -0.0132 e. The van der Waals surface area contributed by atoms with Crippen molar-refractivity contribution in [1.29, 1.82) is 0 Å². The molecule has 52 heavy (non-hydrogen) atoms. The summed E-state index contributed by atoms with van der Waals surface area (Å²) in [5, 5.41) is 5.48. The molecule has 6 rings (SSSR count). The summed E-state index contributed by atoms with van der Waals surface area (Å²) in [7, 11) is 0. The van der Waals surface area contributed by atoms with Gasteiger partial charge in [-0.3, -0.25) is 0 Å². The maximum atomic E-state index is 2.42. The van der Waals surface area contributed by atoms with E-state index in [1.54, 1.807) is 23.3 Å². The van der Waals surface area contributed by atoms with E-state index in [1.165, 1.54) is 90.9 Å². The molecule has 0 nitrogen and oxygen atoms in total. The Morgan fingerprint density at radius 2 is 1.15 bits per heavy atom. The predicted octanol–water partition coefficient (Wildman–Crippen LogP) is 8.75. The number of unbranched alkanes of at least 4 members (excludes halogenated alkanes) is 1. The first kappa shape index (κ1) is 45.9. The molecule has 0 N–H and O–H groups in total. The predicted molar refractivity (Wildman–Crippen MR) is 222 cm³/mol. The van der Waals surface area contributed by atoms with Crippen LogP contribution in [0.2, 0.25) is 13.1 Å². The molecule has 6 aromatic rings. The summed E-state index contributed by atoms with van der Waals surface area (Å²) in [4.78, 5) is 0. The van der Waals surface area contributed by atoms with Gasteiger partial charge in [0.1, 0.15) is 0 Å². The Morgan fingerprint density at radius 3 is 1.65 bits per heavy atom. The van der Waals surface area contributed by atoms with Crippen LogP contribution in [0.5, 0.6) is 0 Å². The molecular weight excluding hydrogens is 767 g/mol. The number of benzene rings is 4. The Morgan fingerprint density at radius 1 is 0.654 bits per heavy atom. The summed E-state index contributed by atoms with van der Waals surface area (Å²) >= 11 is 1.74. The number of hydrogen-bond donors (Lipinski definition) is 0. The molecule has 0 heterocycles. The van der Waals surface area contributed by atoms with Crippen LogP contribution >= 0.6 is 0 Å². The Labute approximate surface area is 344 Å². The fourth-order valence-corrected chi connectivity index (χ4v) is 6.63. The van der Waals surface area contributed by atoms with Crippen molar-refractivity contribution in [3.63, 3.8) is 0 Å². The minimum absolute atomic E-state index is 0. The molecule has 0 spiro atoms. The van der Waals surface area contributed by atoms with Crippen LogP contribution in [0.15, 0.2) is 103 Å². The number of fused-ring (bicyclic) bond motifs is 2. The van der Waals surface area contributed by atoms with Gasteiger partial charge in [-0.05, 0) is 52.3 Å². The van der Waals surface area contributed by atoms with Crippen LogP contribution in [0.4, 0.5) is 0 Å². The van der Waals surface area contributed by atoms with Gasteiger partial charge in [-0.15, -0.1) is 63.0 Å². The van der Waals surface area contributed by atoms with Crippen LogP contribution in [0, 0.1) is 13.8 Å². The zero-order chi connectivity index (χ0) is 36.8. The van der Waals surface area contributed by atoms with Gasteiger partial charge in [0.05, 0.1) is 0 Å². The molecule has 0 fully saturated rings. The summed E-state index contributed by atoms with van der Waals surface area (Å²) in [6.45, 7) is 27.2. The molecule has 0 aliphatic carbocycles. The van der Waals surface area contributed by atoms with Gasteiger partial charge in [0, 0.05) is 0 Å². The van der Waals surface area contributed by atoms with E-state index >= 15 is 0 Å². The quantitative estimate of drug-likeness (QED) is 0.117. The molecule has 1 unspecified atom stereocenters. The minimum atomic E-state index is 0. The zero-order valence-electron chi connectivity index (χ0n) is 33.8. The Bertz CT molecular complexity index is 2010. The molecule has 0 saturated heterocycles. The SMILES string of the molecule is CCCCC(C)c1cc2c(-c3ccc(C(C)(C)C)cc3)cccc2[cH-]1.C[Si](C)=[Zr+2].Cc1cc(-c2ccc(C(C)(C)C)cc2)c2cc(C)[cH-]c2c1.[Cl-].[Cl-]. The van der Waals surface area contributed by atoms with Crippen LogP contribution in [-0.2, 0) is 34.2 Å². The van der Waals surface area contributed by atoms with E-state index < -0.39 is 0 Å². The van der Waals surface area contributed by atoms with E-state index in [9.17, 15) is 0 Å². The fourth-order valence-electron chi connectivity index (χ4n) is 6.63. The standard InChI is InChI=1S/C25H31.C21H23.C2H6Si.2ClH.Zr/c1-6-7-9-18(2)21-16-20-10-8-11-23(24(20)17-21)19-12-14-22(15-13-19)25(3,4)5;1-14-10-17-11-15(2)13-20(17)19(12-14)16-6-8-18(9-7-16)21(3,4)5;1-3-2;;;/h8,10-18H,6-7,9H2,1-5H3;6-13H,1-5H3;1-2H3;2*1H;/q2*-1;;;;+2/p-2. The van der Waals surface area contributed by atoms with Crippen molar-refractivity contribution in [3.05, 3.63) is 131 Å². The third kappa shape index (κ3) is 12.4. The molecule has 0 saturated carbocycles. The van der Waals surface area contributed by atoms with Crippen LogP contribution in [0.1, 0.15) is 108 Å². The summed E-state index contributed by atoms with van der Waals surface area (Å²) in [5.74, 6) is 0.642. The zero-order valence-corrected chi connectivity index (χ0v) is 38.7. The van der Waals surface area contributed by atoms with Crippen molar-refractivity contribution in [2.75, 3.05) is 0 Å². The second-order valence-electron chi connectivity index (χ2n) is 16.6. The molecule has 6 aromatic carbocycles. The van der Waals surface area contributed by atoms with E-state index in [1.807, 2.05) is 0 Å². The summed E-state index contributed by atoms with van der Waals surface area (Å²) < 4.78 is 0. The molecule has 0 aromatic heterocycles. The summed E-state index contributed by atoms with van der Waals surface area (Å²) in [6.07, 6.45) is 3.86. The van der Waals surface area contributed by atoms with Gasteiger partial charge in [0.25, 0.3) is 0 Å². The molecule has 0 amide bonds. The average Bonchev–Trinajstić information content (AvgIpc) is 3.65. The monoisotopic (exact) mass is 824 g/mol. The Kier molecular flexibility index (Phi) is 17.6. The average molecular weight is 827 g/mol. The second-order valence-corrected chi connectivity index (χ2v) is 26.0. The third-order valence-electron chi connectivity index (χ3n) is 9.57. The third-order valence-corrected chi connectivity index (χ3v) is 9.57. The number of hydrogen-bond acceptors (Lipinski definition) is 0. The van der Waals surface area contributed by atoms with Crippen molar-refractivity contribution in [2.24, 2.45) is 0 Å². The van der Waals surface area contributed by atoms with Crippen molar-refractivity contribution in [3.8, 4) is 22.3 Å². The van der Waals surface area contributed by atoms with Gasteiger partial charge in [-0.25, -0.2) is 0 Å².